The van der Waals surface area contributed by atoms with Crippen LogP contribution in [0.2, 0.25) is 0 Å². The fraction of sp³-hybridized carbons (Fsp3) is 0.692. The maximum absolute atomic E-state index is 11.7. The van der Waals surface area contributed by atoms with Gasteiger partial charge in [-0.15, -0.1) is 6.58 Å². The van der Waals surface area contributed by atoms with E-state index in [2.05, 4.69) is 11.9 Å². The lowest BCUT2D eigenvalue weighted by atomic mass is 10.1. The van der Waals surface area contributed by atoms with Gasteiger partial charge in [0, 0.05) is 6.61 Å². The van der Waals surface area contributed by atoms with Crippen LogP contribution in [0.25, 0.3) is 0 Å². The van der Waals surface area contributed by atoms with Crippen LogP contribution in [0.5, 0.6) is 0 Å². The Kier molecular flexibility index (Phi) is 6.43. The van der Waals surface area contributed by atoms with Crippen LogP contribution in [-0.2, 0) is 14.3 Å². The average Bonchev–Trinajstić information content (AvgIpc) is 2.35. The van der Waals surface area contributed by atoms with E-state index in [1.807, 2.05) is 0 Å². The number of hydrogen-bond donors (Lipinski definition) is 2. The van der Waals surface area contributed by atoms with Crippen molar-refractivity contribution in [1.29, 1.82) is 0 Å². The molecule has 1 amide bonds. The van der Waals surface area contributed by atoms with Crippen LogP contribution in [0.4, 0.5) is 0 Å². The van der Waals surface area contributed by atoms with Crippen molar-refractivity contribution in [3.8, 4) is 0 Å². The summed E-state index contributed by atoms with van der Waals surface area (Å²) in [6.07, 6.45) is 5.74. The molecule has 1 fully saturated rings. The van der Waals surface area contributed by atoms with Gasteiger partial charge in [-0.2, -0.15) is 0 Å². The van der Waals surface area contributed by atoms with Gasteiger partial charge in [0.15, 0.2) is 0 Å². The molecule has 2 atom stereocenters. The second-order valence-corrected chi connectivity index (χ2v) is 4.52. The van der Waals surface area contributed by atoms with Crippen LogP contribution in [0.15, 0.2) is 12.7 Å². The first-order valence-corrected chi connectivity index (χ1v) is 6.38. The lowest BCUT2D eigenvalue weighted by Crippen LogP contribution is -2.42. The monoisotopic (exact) mass is 255 g/mol. The van der Waals surface area contributed by atoms with Crippen molar-refractivity contribution < 1.29 is 19.4 Å². The van der Waals surface area contributed by atoms with Gasteiger partial charge in [0.2, 0.25) is 5.91 Å². The number of nitrogens with one attached hydrogen (secondary N) is 1. The smallest absolute Gasteiger partial charge is 0.326 e. The molecule has 0 aromatic rings. The van der Waals surface area contributed by atoms with Crippen molar-refractivity contribution in [3.05, 3.63) is 12.7 Å². The fourth-order valence-electron chi connectivity index (χ4n) is 1.97. The van der Waals surface area contributed by atoms with Crippen molar-refractivity contribution in [2.45, 2.75) is 50.7 Å². The van der Waals surface area contributed by atoms with Crippen molar-refractivity contribution >= 4 is 11.9 Å². The Balaban J connectivity index is 2.35. The molecule has 5 nitrogen and oxygen atoms in total. The standard InChI is InChI=1S/C13H21NO4/c1-2-3-7-11(13(16)17)14-12(15)9-10-6-4-5-8-18-10/h2,10-11H,1,3-9H2,(H,14,15)(H,16,17). The van der Waals surface area contributed by atoms with E-state index in [0.29, 0.717) is 19.4 Å². The molecule has 0 aromatic heterocycles. The molecule has 1 aliphatic heterocycles. The minimum absolute atomic E-state index is 0.0624. The number of carboxylic acids is 1. The number of hydrogen-bond acceptors (Lipinski definition) is 3. The van der Waals surface area contributed by atoms with Crippen LogP contribution < -0.4 is 5.32 Å². The molecule has 0 spiro atoms. The Morgan fingerprint density at radius 1 is 1.50 bits per heavy atom. The first kappa shape index (κ1) is 14.7. The molecule has 5 heteroatoms. The summed E-state index contributed by atoms with van der Waals surface area (Å²) < 4.78 is 5.45. The second-order valence-electron chi connectivity index (χ2n) is 4.52. The van der Waals surface area contributed by atoms with Gasteiger partial charge in [-0.1, -0.05) is 6.08 Å². The lowest BCUT2D eigenvalue weighted by molar-refractivity contribution is -0.142. The van der Waals surface area contributed by atoms with Crippen LogP contribution >= 0.6 is 0 Å². The molecule has 0 bridgehead atoms. The van der Waals surface area contributed by atoms with Crippen LogP contribution in [0, 0.1) is 0 Å². The molecule has 1 saturated heterocycles. The van der Waals surface area contributed by atoms with Crippen molar-refractivity contribution in [2.24, 2.45) is 0 Å². The van der Waals surface area contributed by atoms with E-state index in [4.69, 9.17) is 9.84 Å². The highest BCUT2D eigenvalue weighted by atomic mass is 16.5. The van der Waals surface area contributed by atoms with E-state index in [0.717, 1.165) is 19.3 Å². The molecule has 0 radical (unpaired) electrons. The highest BCUT2D eigenvalue weighted by molar-refractivity contribution is 5.83. The third kappa shape index (κ3) is 5.31. The minimum Gasteiger partial charge on any atom is -0.480 e. The number of carboxylic acid groups (broad SMARTS) is 1. The lowest BCUT2D eigenvalue weighted by Gasteiger charge is -2.23. The summed E-state index contributed by atoms with van der Waals surface area (Å²) in [7, 11) is 0. The largest absolute Gasteiger partial charge is 0.480 e. The third-order valence-electron chi connectivity index (χ3n) is 2.98. The quantitative estimate of drug-likeness (QED) is 0.676. The number of carbonyl (C=O) groups is 2. The van der Waals surface area contributed by atoms with Gasteiger partial charge < -0.3 is 15.2 Å². The maximum Gasteiger partial charge on any atom is 0.326 e. The molecule has 18 heavy (non-hydrogen) atoms. The summed E-state index contributed by atoms with van der Waals surface area (Å²) in [5, 5.41) is 11.5. The molecular formula is C13H21NO4. The van der Waals surface area contributed by atoms with Crippen LogP contribution in [0.3, 0.4) is 0 Å². The molecule has 0 saturated carbocycles. The molecule has 102 valence electrons. The summed E-state index contributed by atoms with van der Waals surface area (Å²) in [4.78, 5) is 22.7. The fourth-order valence-corrected chi connectivity index (χ4v) is 1.97. The summed E-state index contributed by atoms with van der Waals surface area (Å²) in [5.74, 6) is -1.26. The number of rotatable bonds is 7. The molecule has 0 aliphatic carbocycles. The Morgan fingerprint density at radius 2 is 2.28 bits per heavy atom. The van der Waals surface area contributed by atoms with Gasteiger partial charge in [-0.25, -0.2) is 4.79 Å². The second kappa shape index (κ2) is 7.87. The zero-order chi connectivity index (χ0) is 13.4. The molecular weight excluding hydrogens is 234 g/mol. The number of aliphatic carboxylic acids is 1. The zero-order valence-electron chi connectivity index (χ0n) is 10.6. The van der Waals surface area contributed by atoms with E-state index >= 15 is 0 Å². The van der Waals surface area contributed by atoms with Crippen molar-refractivity contribution in [3.63, 3.8) is 0 Å². The Bertz CT molecular complexity index is 297. The number of carbonyl (C=O) groups excluding carboxylic acids is 1. The number of allylic oxidation sites excluding steroid dienone is 1. The van der Waals surface area contributed by atoms with Gasteiger partial charge in [-0.3, -0.25) is 4.79 Å². The van der Waals surface area contributed by atoms with Crippen molar-refractivity contribution in [1.82, 2.24) is 5.32 Å². The summed E-state index contributed by atoms with van der Waals surface area (Å²) >= 11 is 0. The minimum atomic E-state index is -1.00. The Morgan fingerprint density at radius 3 is 2.83 bits per heavy atom. The van der Waals surface area contributed by atoms with E-state index in [9.17, 15) is 9.59 Å². The van der Waals surface area contributed by atoms with Gasteiger partial charge >= 0.3 is 5.97 Å². The summed E-state index contributed by atoms with van der Waals surface area (Å²) in [6, 6.07) is -0.834. The van der Waals surface area contributed by atoms with Gasteiger partial charge in [0.25, 0.3) is 0 Å². The average molecular weight is 255 g/mol. The predicted octanol–water partition coefficient (Wildman–Crippen LogP) is 1.48. The molecule has 1 heterocycles. The summed E-state index contributed by atoms with van der Waals surface area (Å²) in [6.45, 7) is 4.23. The van der Waals surface area contributed by atoms with E-state index in [1.165, 1.54) is 0 Å². The SMILES string of the molecule is C=CCCC(NC(=O)CC1CCCCO1)C(=O)O. The Hall–Kier alpha value is -1.36. The maximum atomic E-state index is 11.7. The normalized spacial score (nSPS) is 21.0. The third-order valence-corrected chi connectivity index (χ3v) is 2.98. The van der Waals surface area contributed by atoms with Gasteiger partial charge in [-0.05, 0) is 32.1 Å². The van der Waals surface area contributed by atoms with Gasteiger partial charge in [0.05, 0.1) is 12.5 Å². The van der Waals surface area contributed by atoms with Crippen LogP contribution in [-0.4, -0.2) is 35.7 Å². The first-order valence-electron chi connectivity index (χ1n) is 6.38. The molecule has 1 rings (SSSR count). The van der Waals surface area contributed by atoms with E-state index < -0.39 is 12.0 Å². The highest BCUT2D eigenvalue weighted by Gasteiger charge is 2.22. The topological polar surface area (TPSA) is 75.6 Å². The van der Waals surface area contributed by atoms with Crippen molar-refractivity contribution in [2.75, 3.05) is 6.61 Å². The number of ether oxygens (including phenoxy) is 1. The van der Waals surface area contributed by atoms with Crippen LogP contribution in [0.1, 0.15) is 38.5 Å². The molecule has 2 N–H and O–H groups in total. The molecule has 1 aliphatic rings. The van der Waals surface area contributed by atoms with Gasteiger partial charge in [0.1, 0.15) is 6.04 Å². The van der Waals surface area contributed by atoms with E-state index in [1.54, 1.807) is 6.08 Å². The predicted molar refractivity (Wildman–Crippen MR) is 67.2 cm³/mol. The molecule has 0 aromatic carbocycles. The molecule has 2 unspecified atom stereocenters. The van der Waals surface area contributed by atoms with E-state index in [-0.39, 0.29) is 18.4 Å². The first-order chi connectivity index (χ1) is 8.63. The summed E-state index contributed by atoms with van der Waals surface area (Å²) in [5.41, 5.74) is 0. The Labute approximate surface area is 107 Å². The zero-order valence-corrected chi connectivity index (χ0v) is 10.6. The number of amides is 1. The highest BCUT2D eigenvalue weighted by Crippen LogP contribution is 2.15.